The molecular weight excluding hydrogens is 629 g/mol. The number of benzene rings is 4. The van der Waals surface area contributed by atoms with Crippen LogP contribution in [0, 0.1) is 6.92 Å². The van der Waals surface area contributed by atoms with Gasteiger partial charge in [0.15, 0.2) is 0 Å². The van der Waals surface area contributed by atoms with Crippen LogP contribution in [0.5, 0.6) is 0 Å². The van der Waals surface area contributed by atoms with Gasteiger partial charge in [0.25, 0.3) is 10.0 Å². The van der Waals surface area contributed by atoms with E-state index in [0.29, 0.717) is 21.3 Å². The van der Waals surface area contributed by atoms with E-state index in [9.17, 15) is 18.0 Å². The van der Waals surface area contributed by atoms with Crippen LogP contribution in [-0.4, -0.2) is 43.3 Å². The second-order valence-corrected chi connectivity index (χ2v) is 14.6. The predicted molar refractivity (Wildman–Crippen MR) is 181 cm³/mol. The van der Waals surface area contributed by atoms with Gasteiger partial charge in [-0.15, -0.1) is 0 Å². The molecule has 236 valence electrons. The number of hydrogen-bond acceptors (Lipinski definition) is 4. The summed E-state index contributed by atoms with van der Waals surface area (Å²) in [5, 5.41) is 3.88. The average Bonchev–Trinajstić information content (AvgIpc) is 2.97. The van der Waals surface area contributed by atoms with Gasteiger partial charge in [-0.05, 0) is 92.9 Å². The molecule has 10 heteroatoms. The summed E-state index contributed by atoms with van der Waals surface area (Å²) in [4.78, 5) is 29.9. The maximum Gasteiger partial charge on any atom is 0.264 e. The molecule has 0 aliphatic rings. The molecule has 1 N–H and O–H groups in total. The van der Waals surface area contributed by atoms with Gasteiger partial charge in [0, 0.05) is 28.5 Å². The molecule has 0 aliphatic carbocycles. The fourth-order valence-electron chi connectivity index (χ4n) is 4.88. The molecule has 4 aromatic carbocycles. The van der Waals surface area contributed by atoms with Crippen LogP contribution in [0.4, 0.5) is 5.69 Å². The number of sulfonamides is 1. The Labute approximate surface area is 275 Å². The zero-order chi connectivity index (χ0) is 32.8. The van der Waals surface area contributed by atoms with Crippen molar-refractivity contribution in [2.75, 3.05) is 10.8 Å². The van der Waals surface area contributed by atoms with Crippen LogP contribution in [0.15, 0.2) is 108 Å². The van der Waals surface area contributed by atoms with Crippen LogP contribution in [0.3, 0.4) is 0 Å². The lowest BCUT2D eigenvalue weighted by Gasteiger charge is -2.35. The molecule has 0 aromatic heterocycles. The summed E-state index contributed by atoms with van der Waals surface area (Å²) in [5.41, 5.74) is 2.10. The van der Waals surface area contributed by atoms with Crippen LogP contribution >= 0.6 is 23.2 Å². The minimum atomic E-state index is -4.22. The zero-order valence-corrected chi connectivity index (χ0v) is 28.0. The Morgan fingerprint density at radius 3 is 2.07 bits per heavy atom. The Morgan fingerprint density at radius 2 is 1.44 bits per heavy atom. The maximum absolute atomic E-state index is 14.5. The highest BCUT2D eigenvalue weighted by Crippen LogP contribution is 2.27. The Hall–Kier alpha value is -3.85. The molecule has 45 heavy (non-hydrogen) atoms. The Bertz CT molecular complexity index is 1740. The van der Waals surface area contributed by atoms with E-state index in [2.05, 4.69) is 5.32 Å². The SMILES string of the molecule is Cc1cccc(N(CC(=O)N(Cc2cccc(Cl)c2)[C@H](Cc2ccccc2)C(=O)NC(C)(C)C)S(=O)(=O)c2ccc(Cl)cc2)c1. The normalized spacial score (nSPS) is 12.3. The minimum absolute atomic E-state index is 0.0195. The molecule has 0 radical (unpaired) electrons. The number of nitrogens with zero attached hydrogens (tertiary/aromatic N) is 2. The van der Waals surface area contributed by atoms with Crippen molar-refractivity contribution in [3.8, 4) is 0 Å². The van der Waals surface area contributed by atoms with E-state index in [-0.39, 0.29) is 23.8 Å². The smallest absolute Gasteiger partial charge is 0.264 e. The van der Waals surface area contributed by atoms with Crippen molar-refractivity contribution in [1.82, 2.24) is 10.2 Å². The fourth-order valence-corrected chi connectivity index (χ4v) is 6.63. The molecule has 0 saturated heterocycles. The van der Waals surface area contributed by atoms with Crippen LogP contribution in [0.25, 0.3) is 0 Å². The van der Waals surface area contributed by atoms with Gasteiger partial charge < -0.3 is 10.2 Å². The second-order valence-electron chi connectivity index (χ2n) is 11.9. The molecule has 4 aromatic rings. The molecule has 0 fully saturated rings. The minimum Gasteiger partial charge on any atom is -0.350 e. The Kier molecular flexibility index (Phi) is 11.0. The topological polar surface area (TPSA) is 86.8 Å². The van der Waals surface area contributed by atoms with Crippen molar-refractivity contribution in [2.24, 2.45) is 0 Å². The number of carbonyl (C=O) groups excluding carboxylic acids is 2. The van der Waals surface area contributed by atoms with Gasteiger partial charge in [-0.25, -0.2) is 8.42 Å². The van der Waals surface area contributed by atoms with E-state index in [1.54, 1.807) is 36.4 Å². The van der Waals surface area contributed by atoms with E-state index < -0.39 is 34.1 Å². The second kappa shape index (κ2) is 14.5. The molecule has 0 aliphatic heterocycles. The number of nitrogens with one attached hydrogen (secondary N) is 1. The Balaban J connectivity index is 1.82. The van der Waals surface area contributed by atoms with Crippen molar-refractivity contribution in [3.63, 3.8) is 0 Å². The van der Waals surface area contributed by atoms with E-state index >= 15 is 0 Å². The quantitative estimate of drug-likeness (QED) is 0.186. The van der Waals surface area contributed by atoms with E-state index in [1.807, 2.05) is 70.2 Å². The Morgan fingerprint density at radius 1 is 0.800 bits per heavy atom. The van der Waals surface area contributed by atoms with Gasteiger partial charge in [0.2, 0.25) is 11.8 Å². The number of amides is 2. The van der Waals surface area contributed by atoms with Gasteiger partial charge in [-0.2, -0.15) is 0 Å². The highest BCUT2D eigenvalue weighted by molar-refractivity contribution is 7.92. The summed E-state index contributed by atoms with van der Waals surface area (Å²) in [7, 11) is -4.22. The number of hydrogen-bond donors (Lipinski definition) is 1. The molecule has 0 unspecified atom stereocenters. The third-order valence-electron chi connectivity index (χ3n) is 6.98. The summed E-state index contributed by atoms with van der Waals surface area (Å²) in [5.74, 6) is -0.914. The number of carbonyl (C=O) groups is 2. The van der Waals surface area contributed by atoms with Crippen molar-refractivity contribution in [2.45, 2.75) is 57.1 Å². The predicted octanol–water partition coefficient (Wildman–Crippen LogP) is 7.05. The van der Waals surface area contributed by atoms with E-state index in [0.717, 1.165) is 15.4 Å². The maximum atomic E-state index is 14.5. The molecule has 0 saturated carbocycles. The first-order chi connectivity index (χ1) is 21.2. The van der Waals surface area contributed by atoms with Gasteiger partial charge in [0.05, 0.1) is 10.6 Å². The van der Waals surface area contributed by atoms with Crippen LogP contribution in [0.2, 0.25) is 10.0 Å². The largest absolute Gasteiger partial charge is 0.350 e. The molecule has 4 rings (SSSR count). The van der Waals surface area contributed by atoms with Crippen molar-refractivity contribution in [1.29, 1.82) is 0 Å². The summed E-state index contributed by atoms with van der Waals surface area (Å²) >= 11 is 12.4. The summed E-state index contributed by atoms with van der Waals surface area (Å²) < 4.78 is 29.3. The number of aryl methyl sites for hydroxylation is 1. The summed E-state index contributed by atoms with van der Waals surface area (Å²) in [6.45, 7) is 6.92. The first kappa shape index (κ1) is 34.0. The van der Waals surface area contributed by atoms with Crippen LogP contribution < -0.4 is 9.62 Å². The van der Waals surface area contributed by atoms with Gasteiger partial charge in [-0.3, -0.25) is 13.9 Å². The molecule has 1 atom stereocenters. The van der Waals surface area contributed by atoms with Crippen molar-refractivity contribution >= 4 is 50.7 Å². The third-order valence-corrected chi connectivity index (χ3v) is 9.26. The third kappa shape index (κ3) is 9.33. The first-order valence-corrected chi connectivity index (χ1v) is 16.7. The molecular formula is C35H37Cl2N3O4S. The molecule has 0 bridgehead atoms. The molecule has 2 amide bonds. The highest BCUT2D eigenvalue weighted by Gasteiger charge is 2.35. The highest BCUT2D eigenvalue weighted by atomic mass is 35.5. The van der Waals surface area contributed by atoms with Crippen molar-refractivity contribution < 1.29 is 18.0 Å². The van der Waals surface area contributed by atoms with E-state index in [1.165, 1.54) is 29.2 Å². The lowest BCUT2D eigenvalue weighted by atomic mass is 10.0. The number of anilines is 1. The van der Waals surface area contributed by atoms with Crippen LogP contribution in [0.1, 0.15) is 37.5 Å². The molecule has 0 heterocycles. The van der Waals surface area contributed by atoms with Gasteiger partial charge in [0.1, 0.15) is 12.6 Å². The summed E-state index contributed by atoms with van der Waals surface area (Å²) in [6.07, 6.45) is 0.212. The lowest BCUT2D eigenvalue weighted by Crippen LogP contribution is -2.56. The van der Waals surface area contributed by atoms with Crippen LogP contribution in [-0.2, 0) is 32.6 Å². The van der Waals surface area contributed by atoms with Gasteiger partial charge in [-0.1, -0.05) is 77.8 Å². The van der Waals surface area contributed by atoms with E-state index in [4.69, 9.17) is 23.2 Å². The zero-order valence-electron chi connectivity index (χ0n) is 25.7. The fraction of sp³-hybridized carbons (Fsp3) is 0.257. The number of halogens is 2. The molecule has 0 spiro atoms. The first-order valence-electron chi connectivity index (χ1n) is 14.5. The average molecular weight is 667 g/mol. The lowest BCUT2D eigenvalue weighted by molar-refractivity contribution is -0.140. The standard InChI is InChI=1S/C35H37Cl2N3O4S/c1-25-10-8-15-30(20-25)40(45(43,44)31-18-16-28(36)17-19-31)24-33(41)39(23-27-13-9-14-29(37)21-27)32(34(42)38-35(2,3)4)22-26-11-6-5-7-12-26/h5-21,32H,22-24H2,1-4H3,(H,38,42)/t32-/m1/s1. The van der Waals surface area contributed by atoms with Crippen molar-refractivity contribution in [3.05, 3.63) is 130 Å². The summed E-state index contributed by atoms with van der Waals surface area (Å²) in [6, 6.07) is 28.2. The monoisotopic (exact) mass is 665 g/mol. The number of rotatable bonds is 11. The molecule has 7 nitrogen and oxygen atoms in total. The van der Waals surface area contributed by atoms with Gasteiger partial charge >= 0.3 is 0 Å².